The summed E-state index contributed by atoms with van der Waals surface area (Å²) in [6.45, 7) is 7.75. The van der Waals surface area contributed by atoms with Gasteiger partial charge in [-0.25, -0.2) is 0 Å². The van der Waals surface area contributed by atoms with Gasteiger partial charge in [0.05, 0.1) is 0 Å². The Hall–Kier alpha value is -2.59. The van der Waals surface area contributed by atoms with Crippen molar-refractivity contribution in [2.24, 2.45) is 17.3 Å². The third-order valence-corrected chi connectivity index (χ3v) is 8.29. The first-order valence-corrected chi connectivity index (χ1v) is 12.5. The summed E-state index contributed by atoms with van der Waals surface area (Å²) >= 11 is 1.88. The van der Waals surface area contributed by atoms with Crippen molar-refractivity contribution in [3.05, 3.63) is 82.6 Å². The lowest BCUT2D eigenvalue weighted by Gasteiger charge is -2.58. The van der Waals surface area contributed by atoms with Crippen LogP contribution in [0, 0.1) is 24.2 Å². The maximum atomic E-state index is 12.3. The molecule has 5 rings (SSSR count). The van der Waals surface area contributed by atoms with Crippen LogP contribution in [0.5, 0.6) is 0 Å². The SMILES string of the molecule is Cc1ccc(C2N(c3ccccc3)CC3C(C=O)CC(C)(C)CC3N2c2ccccc2)s1. The number of hydrogen-bond donors (Lipinski definition) is 0. The molecule has 1 saturated heterocycles. The van der Waals surface area contributed by atoms with Crippen LogP contribution in [0.4, 0.5) is 11.4 Å². The van der Waals surface area contributed by atoms with Crippen LogP contribution in [0.3, 0.4) is 0 Å². The van der Waals surface area contributed by atoms with Gasteiger partial charge in [0.2, 0.25) is 0 Å². The van der Waals surface area contributed by atoms with Gasteiger partial charge in [-0.1, -0.05) is 50.2 Å². The second-order valence-electron chi connectivity index (χ2n) is 10.2. The smallest absolute Gasteiger partial charge is 0.138 e. The molecule has 2 aliphatic rings. The maximum Gasteiger partial charge on any atom is 0.138 e. The standard InChI is InChI=1S/C28H32N2OS/c1-20-14-15-26(32-20)27-29(22-10-6-4-7-11-22)18-24-21(19-31)16-28(2,3)17-25(24)30(27)23-12-8-5-9-13-23/h4-15,19,21,24-25,27H,16-18H2,1-3H3. The lowest BCUT2D eigenvalue weighted by molar-refractivity contribution is -0.115. The highest BCUT2D eigenvalue weighted by atomic mass is 32.1. The number of carbonyl (C=O) groups excluding carboxylic acids is 1. The molecule has 0 spiro atoms. The third kappa shape index (κ3) is 3.86. The van der Waals surface area contributed by atoms with Crippen LogP contribution in [0.1, 0.15) is 42.6 Å². The summed E-state index contributed by atoms with van der Waals surface area (Å²) in [6, 6.07) is 26.4. The number of nitrogens with zero attached hydrogens (tertiary/aromatic N) is 2. The molecule has 166 valence electrons. The summed E-state index contributed by atoms with van der Waals surface area (Å²) in [6.07, 6.45) is 3.41. The quantitative estimate of drug-likeness (QED) is 0.418. The van der Waals surface area contributed by atoms with Crippen molar-refractivity contribution in [1.82, 2.24) is 0 Å². The first-order valence-electron chi connectivity index (χ1n) is 11.6. The normalized spacial score (nSPS) is 27.1. The van der Waals surface area contributed by atoms with Crippen molar-refractivity contribution < 1.29 is 4.79 Å². The molecule has 1 aromatic heterocycles. The zero-order valence-corrected chi connectivity index (χ0v) is 20.0. The number of anilines is 2. The van der Waals surface area contributed by atoms with Gasteiger partial charge in [0, 0.05) is 45.6 Å². The van der Waals surface area contributed by atoms with Crippen molar-refractivity contribution in [1.29, 1.82) is 0 Å². The molecule has 0 amide bonds. The highest BCUT2D eigenvalue weighted by molar-refractivity contribution is 7.12. The molecule has 4 unspecified atom stereocenters. The van der Waals surface area contributed by atoms with Crippen LogP contribution in [0.25, 0.3) is 0 Å². The molecule has 2 aromatic carbocycles. The predicted molar refractivity (Wildman–Crippen MR) is 134 cm³/mol. The fourth-order valence-electron chi connectivity index (χ4n) is 5.93. The van der Waals surface area contributed by atoms with Crippen LogP contribution in [-0.2, 0) is 4.79 Å². The van der Waals surface area contributed by atoms with Gasteiger partial charge in [0.15, 0.2) is 0 Å². The fraction of sp³-hybridized carbons (Fsp3) is 0.393. The van der Waals surface area contributed by atoms with E-state index in [-0.39, 0.29) is 17.5 Å². The summed E-state index contributed by atoms with van der Waals surface area (Å²) in [5.41, 5.74) is 2.60. The van der Waals surface area contributed by atoms with E-state index in [0.717, 1.165) is 19.4 Å². The number of aryl methyl sites for hydroxylation is 1. The second kappa shape index (κ2) is 8.40. The van der Waals surface area contributed by atoms with E-state index in [4.69, 9.17) is 0 Å². The Morgan fingerprint density at radius 1 is 0.906 bits per heavy atom. The molecule has 2 fully saturated rings. The first-order chi connectivity index (χ1) is 15.5. The lowest BCUT2D eigenvalue weighted by atomic mass is 9.63. The molecule has 4 atom stereocenters. The Bertz CT molecular complexity index is 1060. The van der Waals surface area contributed by atoms with E-state index in [9.17, 15) is 4.79 Å². The van der Waals surface area contributed by atoms with E-state index in [1.54, 1.807) is 0 Å². The van der Waals surface area contributed by atoms with Crippen molar-refractivity contribution in [2.45, 2.75) is 45.8 Å². The fourth-order valence-corrected chi connectivity index (χ4v) is 6.92. The Balaban J connectivity index is 1.70. The minimum Gasteiger partial charge on any atom is -0.346 e. The molecular formula is C28H32N2OS. The molecule has 3 nitrogen and oxygen atoms in total. The van der Waals surface area contributed by atoms with Crippen LogP contribution in [-0.4, -0.2) is 18.9 Å². The van der Waals surface area contributed by atoms with Gasteiger partial charge >= 0.3 is 0 Å². The first kappa shape index (κ1) is 21.3. The summed E-state index contributed by atoms with van der Waals surface area (Å²) < 4.78 is 0. The summed E-state index contributed by atoms with van der Waals surface area (Å²) in [5, 5.41) is 0. The third-order valence-electron chi connectivity index (χ3n) is 7.25. The van der Waals surface area contributed by atoms with E-state index in [2.05, 4.69) is 103 Å². The largest absolute Gasteiger partial charge is 0.346 e. The van der Waals surface area contributed by atoms with Gasteiger partial charge in [-0.15, -0.1) is 11.3 Å². The molecule has 1 saturated carbocycles. The predicted octanol–water partition coefficient (Wildman–Crippen LogP) is 6.70. The van der Waals surface area contributed by atoms with Gasteiger partial charge in [0.25, 0.3) is 0 Å². The average Bonchev–Trinajstić information content (AvgIpc) is 3.24. The monoisotopic (exact) mass is 444 g/mol. The number of fused-ring (bicyclic) bond motifs is 1. The van der Waals surface area contributed by atoms with Crippen LogP contribution in [0.2, 0.25) is 0 Å². The number of aldehydes is 1. The number of hydrogen-bond acceptors (Lipinski definition) is 4. The Labute approximate surface area is 195 Å². The molecule has 4 heteroatoms. The molecule has 2 heterocycles. The van der Waals surface area contributed by atoms with E-state index in [1.807, 2.05) is 11.3 Å². The van der Waals surface area contributed by atoms with E-state index in [0.29, 0.717) is 12.0 Å². The average molecular weight is 445 g/mol. The number of para-hydroxylation sites is 2. The summed E-state index contributed by atoms with van der Waals surface area (Å²) in [7, 11) is 0. The van der Waals surface area contributed by atoms with Gasteiger partial charge in [-0.05, 0) is 61.6 Å². The highest BCUT2D eigenvalue weighted by Gasteiger charge is 2.51. The molecule has 0 N–H and O–H groups in total. The summed E-state index contributed by atoms with van der Waals surface area (Å²) in [5.74, 6) is 0.380. The lowest BCUT2D eigenvalue weighted by Crippen LogP contribution is -2.62. The van der Waals surface area contributed by atoms with E-state index < -0.39 is 0 Å². The number of thiophene rings is 1. The van der Waals surface area contributed by atoms with Gasteiger partial charge < -0.3 is 14.6 Å². The van der Waals surface area contributed by atoms with Crippen molar-refractivity contribution in [2.75, 3.05) is 16.3 Å². The second-order valence-corrected chi connectivity index (χ2v) is 11.5. The topological polar surface area (TPSA) is 23.6 Å². The van der Waals surface area contributed by atoms with Crippen molar-refractivity contribution >= 4 is 29.0 Å². The Kier molecular flexibility index (Phi) is 5.58. The van der Waals surface area contributed by atoms with Gasteiger partial charge in [-0.2, -0.15) is 0 Å². The number of rotatable bonds is 4. The minimum absolute atomic E-state index is 0.0761. The zero-order valence-electron chi connectivity index (χ0n) is 19.1. The molecule has 3 aromatic rings. The molecule has 1 aliphatic heterocycles. The molecule has 32 heavy (non-hydrogen) atoms. The van der Waals surface area contributed by atoms with Gasteiger partial charge in [-0.3, -0.25) is 0 Å². The maximum absolute atomic E-state index is 12.3. The Morgan fingerprint density at radius 2 is 1.56 bits per heavy atom. The number of carbonyl (C=O) groups is 1. The van der Waals surface area contributed by atoms with Crippen LogP contribution in [0.15, 0.2) is 72.8 Å². The summed E-state index contributed by atoms with van der Waals surface area (Å²) in [4.78, 5) is 20.2. The number of benzene rings is 2. The van der Waals surface area contributed by atoms with E-state index >= 15 is 0 Å². The Morgan fingerprint density at radius 3 is 2.16 bits per heavy atom. The molecular weight excluding hydrogens is 412 g/mol. The van der Waals surface area contributed by atoms with E-state index in [1.165, 1.54) is 27.4 Å². The zero-order chi connectivity index (χ0) is 22.3. The molecule has 0 bridgehead atoms. The van der Waals surface area contributed by atoms with Crippen LogP contribution >= 0.6 is 11.3 Å². The minimum atomic E-state index is 0.0761. The van der Waals surface area contributed by atoms with Crippen molar-refractivity contribution in [3.63, 3.8) is 0 Å². The van der Waals surface area contributed by atoms with Crippen molar-refractivity contribution in [3.8, 4) is 0 Å². The van der Waals surface area contributed by atoms with Gasteiger partial charge in [0.1, 0.15) is 12.5 Å². The van der Waals surface area contributed by atoms with Crippen LogP contribution < -0.4 is 9.80 Å². The molecule has 0 radical (unpaired) electrons. The molecule has 1 aliphatic carbocycles. The highest BCUT2D eigenvalue weighted by Crippen LogP contribution is 2.51.